The lowest BCUT2D eigenvalue weighted by atomic mass is 9.88. The van der Waals surface area contributed by atoms with Crippen LogP contribution in [0.5, 0.6) is 0 Å². The normalized spacial score (nSPS) is 11.2. The number of benzene rings is 1. The third kappa shape index (κ3) is 5.81. The number of hydrogen-bond donors (Lipinski definition) is 2. The molecule has 6 nitrogen and oxygen atoms in total. The summed E-state index contributed by atoms with van der Waals surface area (Å²) in [6.45, 7) is 0. The lowest BCUT2D eigenvalue weighted by molar-refractivity contribution is 0.507. The molecule has 2 aromatic heterocycles. The number of nitrogens with zero attached hydrogens (tertiary/aromatic N) is 4. The van der Waals surface area contributed by atoms with Crippen molar-refractivity contribution in [2.45, 2.75) is 57.3 Å². The summed E-state index contributed by atoms with van der Waals surface area (Å²) in [5, 5.41) is 13.7. The Balaban J connectivity index is 1.43. The summed E-state index contributed by atoms with van der Waals surface area (Å²) < 4.78 is 0. The smallest absolute Gasteiger partial charge is 0.137 e. The zero-order valence-corrected chi connectivity index (χ0v) is 14.6. The average Bonchev–Trinajstić information content (AvgIpc) is 3.35. The number of nitrogens with one attached hydrogen (secondary N) is 2. The van der Waals surface area contributed by atoms with Gasteiger partial charge in [0.1, 0.15) is 24.3 Å². The van der Waals surface area contributed by atoms with Crippen LogP contribution >= 0.6 is 0 Å². The first kappa shape index (κ1) is 17.3. The molecule has 0 atom stereocenters. The van der Waals surface area contributed by atoms with E-state index in [1.807, 2.05) is 0 Å². The molecular weight excluding hydrogens is 312 g/mol. The Morgan fingerprint density at radius 1 is 0.720 bits per heavy atom. The number of rotatable bonds is 11. The number of H-pyrrole nitrogens is 2. The van der Waals surface area contributed by atoms with Gasteiger partial charge in [-0.3, -0.25) is 10.2 Å². The van der Waals surface area contributed by atoms with Gasteiger partial charge in [0.05, 0.1) is 0 Å². The number of hydrogen-bond acceptors (Lipinski definition) is 4. The van der Waals surface area contributed by atoms with Crippen molar-refractivity contribution < 1.29 is 0 Å². The van der Waals surface area contributed by atoms with Crippen molar-refractivity contribution in [1.82, 2.24) is 30.4 Å². The van der Waals surface area contributed by atoms with Gasteiger partial charge in [0.25, 0.3) is 0 Å². The van der Waals surface area contributed by atoms with Gasteiger partial charge in [-0.25, -0.2) is 9.97 Å². The topological polar surface area (TPSA) is 83.1 Å². The van der Waals surface area contributed by atoms with E-state index in [0.29, 0.717) is 5.92 Å². The highest BCUT2D eigenvalue weighted by Crippen LogP contribution is 2.28. The Morgan fingerprint density at radius 3 is 1.76 bits per heavy atom. The fourth-order valence-electron chi connectivity index (χ4n) is 3.27. The third-order valence-electron chi connectivity index (χ3n) is 4.63. The van der Waals surface area contributed by atoms with Crippen LogP contribution in [0.1, 0.15) is 61.7 Å². The van der Waals surface area contributed by atoms with E-state index in [-0.39, 0.29) is 0 Å². The minimum Gasteiger partial charge on any atom is -0.263 e. The molecule has 6 heteroatoms. The van der Waals surface area contributed by atoms with Gasteiger partial charge in [-0.15, -0.1) is 0 Å². The molecule has 2 N–H and O–H groups in total. The van der Waals surface area contributed by atoms with Crippen LogP contribution in [0.2, 0.25) is 0 Å². The van der Waals surface area contributed by atoms with E-state index in [0.717, 1.165) is 37.3 Å². The molecule has 2 heterocycles. The molecule has 3 rings (SSSR count). The van der Waals surface area contributed by atoms with Crippen molar-refractivity contribution in [3.8, 4) is 0 Å². The maximum atomic E-state index is 4.20. The van der Waals surface area contributed by atoms with Crippen molar-refractivity contribution >= 4 is 0 Å². The summed E-state index contributed by atoms with van der Waals surface area (Å²) in [6, 6.07) is 10.9. The summed E-state index contributed by atoms with van der Waals surface area (Å²) >= 11 is 0. The zero-order chi connectivity index (χ0) is 17.2. The molecule has 0 saturated carbocycles. The molecule has 1 aromatic carbocycles. The Labute approximate surface area is 148 Å². The first-order valence-electron chi connectivity index (χ1n) is 9.15. The van der Waals surface area contributed by atoms with Crippen molar-refractivity contribution in [2.75, 3.05) is 0 Å². The first-order valence-corrected chi connectivity index (χ1v) is 9.15. The maximum absolute atomic E-state index is 4.20. The lowest BCUT2D eigenvalue weighted by Gasteiger charge is -2.17. The second kappa shape index (κ2) is 9.71. The van der Waals surface area contributed by atoms with E-state index < -0.39 is 0 Å². The molecule has 132 valence electrons. The van der Waals surface area contributed by atoms with Crippen molar-refractivity contribution in [3.63, 3.8) is 0 Å². The van der Waals surface area contributed by atoms with Gasteiger partial charge in [0.2, 0.25) is 0 Å². The predicted octanol–water partition coefficient (Wildman–Crippen LogP) is 3.83. The molecule has 25 heavy (non-hydrogen) atoms. The van der Waals surface area contributed by atoms with Gasteiger partial charge in [0, 0.05) is 12.8 Å². The second-order valence-electron chi connectivity index (χ2n) is 6.46. The highest BCUT2D eigenvalue weighted by molar-refractivity contribution is 5.19. The molecule has 0 saturated heterocycles. The summed E-state index contributed by atoms with van der Waals surface area (Å²) in [7, 11) is 0. The number of aromatic nitrogens is 6. The SMILES string of the molecule is c1ccc(C(CCCCc2ncn[nH]2)CCCCc2ncn[nH]2)cc1. The van der Waals surface area contributed by atoms with E-state index >= 15 is 0 Å². The van der Waals surface area contributed by atoms with Gasteiger partial charge < -0.3 is 0 Å². The van der Waals surface area contributed by atoms with E-state index in [1.54, 1.807) is 12.7 Å². The molecular formula is C19H26N6. The van der Waals surface area contributed by atoms with Crippen LogP contribution in [-0.2, 0) is 12.8 Å². The Hall–Kier alpha value is -2.50. The number of unbranched alkanes of at least 4 members (excludes halogenated alkanes) is 2. The van der Waals surface area contributed by atoms with E-state index in [2.05, 4.69) is 60.7 Å². The molecule has 0 aliphatic rings. The van der Waals surface area contributed by atoms with Crippen molar-refractivity contribution in [1.29, 1.82) is 0 Å². The molecule has 0 fully saturated rings. The van der Waals surface area contributed by atoms with Crippen LogP contribution in [0.25, 0.3) is 0 Å². The fraction of sp³-hybridized carbons (Fsp3) is 0.474. The molecule has 0 unspecified atom stereocenters. The minimum atomic E-state index is 0.630. The van der Waals surface area contributed by atoms with Crippen LogP contribution in [0.15, 0.2) is 43.0 Å². The molecule has 0 radical (unpaired) electrons. The Kier molecular flexibility index (Phi) is 6.73. The van der Waals surface area contributed by atoms with Crippen LogP contribution < -0.4 is 0 Å². The quantitative estimate of drug-likeness (QED) is 0.520. The highest BCUT2D eigenvalue weighted by Gasteiger charge is 2.11. The summed E-state index contributed by atoms with van der Waals surface area (Å²) in [5.41, 5.74) is 1.46. The number of aryl methyl sites for hydroxylation is 2. The van der Waals surface area contributed by atoms with Gasteiger partial charge in [-0.1, -0.05) is 43.2 Å². The molecule has 3 aromatic rings. The lowest BCUT2D eigenvalue weighted by Crippen LogP contribution is -2.01. The zero-order valence-electron chi connectivity index (χ0n) is 14.6. The summed E-state index contributed by atoms with van der Waals surface area (Å²) in [5.74, 6) is 2.61. The van der Waals surface area contributed by atoms with Crippen LogP contribution in [-0.4, -0.2) is 30.4 Å². The van der Waals surface area contributed by atoms with Crippen LogP contribution in [0, 0.1) is 0 Å². The predicted molar refractivity (Wildman–Crippen MR) is 97.1 cm³/mol. The summed E-state index contributed by atoms with van der Waals surface area (Å²) in [4.78, 5) is 8.39. The second-order valence-corrected chi connectivity index (χ2v) is 6.46. The van der Waals surface area contributed by atoms with E-state index in [4.69, 9.17) is 0 Å². The Morgan fingerprint density at radius 2 is 1.28 bits per heavy atom. The third-order valence-corrected chi connectivity index (χ3v) is 4.63. The monoisotopic (exact) mass is 338 g/mol. The molecule has 0 aliphatic carbocycles. The van der Waals surface area contributed by atoms with Crippen molar-refractivity contribution in [3.05, 3.63) is 60.2 Å². The fourth-order valence-corrected chi connectivity index (χ4v) is 3.27. The largest absolute Gasteiger partial charge is 0.263 e. The van der Waals surface area contributed by atoms with Gasteiger partial charge in [0.15, 0.2) is 0 Å². The highest BCUT2D eigenvalue weighted by atomic mass is 15.2. The first-order chi connectivity index (χ1) is 12.4. The van der Waals surface area contributed by atoms with Gasteiger partial charge >= 0.3 is 0 Å². The summed E-state index contributed by atoms with van der Waals surface area (Å²) in [6.07, 6.45) is 12.3. The van der Waals surface area contributed by atoms with E-state index in [1.165, 1.54) is 31.2 Å². The average molecular weight is 338 g/mol. The molecule has 0 aliphatic heterocycles. The maximum Gasteiger partial charge on any atom is 0.137 e. The van der Waals surface area contributed by atoms with Crippen LogP contribution in [0.3, 0.4) is 0 Å². The minimum absolute atomic E-state index is 0.630. The van der Waals surface area contributed by atoms with E-state index in [9.17, 15) is 0 Å². The molecule has 0 spiro atoms. The standard InChI is InChI=1S/C19H26N6/c1-2-8-16(9-3-1)17(10-4-6-12-18-20-14-22-24-18)11-5-7-13-19-21-15-23-25-19/h1-3,8-9,14-15,17H,4-7,10-13H2,(H,20,22,24)(H,21,23,25). The van der Waals surface area contributed by atoms with Gasteiger partial charge in [-0.2, -0.15) is 10.2 Å². The molecule has 0 bridgehead atoms. The molecule has 0 amide bonds. The van der Waals surface area contributed by atoms with Crippen molar-refractivity contribution in [2.24, 2.45) is 0 Å². The van der Waals surface area contributed by atoms with Crippen LogP contribution in [0.4, 0.5) is 0 Å². The van der Waals surface area contributed by atoms with Gasteiger partial charge in [-0.05, 0) is 37.2 Å². The Bertz CT molecular complexity index is 636. The number of aromatic amines is 2.